The van der Waals surface area contributed by atoms with Gasteiger partial charge in [0.25, 0.3) is 0 Å². The van der Waals surface area contributed by atoms with E-state index in [1.54, 1.807) is 24.3 Å². The summed E-state index contributed by atoms with van der Waals surface area (Å²) in [5.41, 5.74) is 1.62. The number of aliphatic hydroxyl groups excluding tert-OH is 1. The molecule has 0 saturated heterocycles. The number of ketones is 1. The Kier molecular flexibility index (Phi) is 6.60. The Labute approximate surface area is 146 Å². The zero-order valence-corrected chi connectivity index (χ0v) is 14.3. The van der Waals surface area contributed by atoms with Gasteiger partial charge in [0.05, 0.1) is 16.6 Å². The van der Waals surface area contributed by atoms with E-state index in [-0.39, 0.29) is 18.2 Å². The number of rotatable bonds is 7. The maximum atomic E-state index is 12.0. The van der Waals surface area contributed by atoms with Crippen LogP contribution in [0.3, 0.4) is 0 Å². The number of nitrogens with one attached hydrogen (secondary N) is 1. The Morgan fingerprint density at radius 1 is 1.13 bits per heavy atom. The topological polar surface area (TPSA) is 49.3 Å². The lowest BCUT2D eigenvalue weighted by Gasteiger charge is -2.18. The Balaban J connectivity index is 1.85. The third-order valence-corrected chi connectivity index (χ3v) is 4.42. The molecule has 0 aliphatic heterocycles. The lowest BCUT2D eigenvalue weighted by atomic mass is 9.97. The Bertz CT molecular complexity index is 661. The van der Waals surface area contributed by atoms with E-state index in [2.05, 4.69) is 5.32 Å². The van der Waals surface area contributed by atoms with E-state index in [1.165, 1.54) is 0 Å². The molecule has 122 valence electrons. The van der Waals surface area contributed by atoms with Gasteiger partial charge in [-0.3, -0.25) is 10.1 Å². The first-order valence-corrected chi connectivity index (χ1v) is 8.17. The fourth-order valence-corrected chi connectivity index (χ4v) is 2.62. The van der Waals surface area contributed by atoms with Crippen molar-refractivity contribution in [3.63, 3.8) is 0 Å². The molecule has 2 rings (SSSR count). The summed E-state index contributed by atoms with van der Waals surface area (Å²) in [7, 11) is 0. The molecule has 0 fully saturated rings. The van der Waals surface area contributed by atoms with Crippen LogP contribution in [0.2, 0.25) is 10.0 Å². The van der Waals surface area contributed by atoms with Crippen LogP contribution in [0, 0.1) is 0 Å². The largest absolute Gasteiger partial charge is 0.379 e. The molecule has 5 heteroatoms. The lowest BCUT2D eigenvalue weighted by Crippen LogP contribution is -2.34. The van der Waals surface area contributed by atoms with Gasteiger partial charge in [0, 0.05) is 5.56 Å². The monoisotopic (exact) mass is 351 g/mol. The smallest absolute Gasteiger partial charge is 0.176 e. The van der Waals surface area contributed by atoms with E-state index in [4.69, 9.17) is 23.2 Å². The molecule has 0 saturated carbocycles. The SMILES string of the molecule is CC(CC(O)NCC(=O)c1ccccc1)c1ccc(Cl)c(Cl)c1. The zero-order chi connectivity index (χ0) is 16.8. The van der Waals surface area contributed by atoms with Crippen molar-refractivity contribution < 1.29 is 9.90 Å². The quantitative estimate of drug-likeness (QED) is 0.578. The van der Waals surface area contributed by atoms with Gasteiger partial charge in [-0.1, -0.05) is 66.5 Å². The number of hydrogen-bond acceptors (Lipinski definition) is 3. The van der Waals surface area contributed by atoms with Gasteiger partial charge in [0.1, 0.15) is 6.23 Å². The molecule has 2 atom stereocenters. The average molecular weight is 352 g/mol. The fourth-order valence-electron chi connectivity index (χ4n) is 2.31. The second-order valence-electron chi connectivity index (χ2n) is 5.50. The van der Waals surface area contributed by atoms with Gasteiger partial charge in [-0.05, 0) is 30.0 Å². The van der Waals surface area contributed by atoms with Crippen LogP contribution in [0.25, 0.3) is 0 Å². The highest BCUT2D eigenvalue weighted by Gasteiger charge is 2.14. The second kappa shape index (κ2) is 8.46. The predicted octanol–water partition coefficient (Wildman–Crippen LogP) is 4.28. The molecule has 0 heterocycles. The molecule has 0 aliphatic rings. The van der Waals surface area contributed by atoms with Crippen LogP contribution in [-0.2, 0) is 0 Å². The Morgan fingerprint density at radius 3 is 2.48 bits per heavy atom. The molecule has 2 unspecified atom stereocenters. The maximum absolute atomic E-state index is 12.0. The van der Waals surface area contributed by atoms with Crippen molar-refractivity contribution in [3.05, 3.63) is 69.7 Å². The van der Waals surface area contributed by atoms with Crippen LogP contribution in [-0.4, -0.2) is 23.7 Å². The maximum Gasteiger partial charge on any atom is 0.176 e. The number of hydrogen-bond donors (Lipinski definition) is 2. The number of aliphatic hydroxyl groups is 1. The molecule has 0 spiro atoms. The molecular formula is C18H19Cl2NO2. The highest BCUT2D eigenvalue weighted by molar-refractivity contribution is 6.42. The number of halogens is 2. The first-order chi connectivity index (χ1) is 11.0. The summed E-state index contributed by atoms with van der Waals surface area (Å²) in [6, 6.07) is 14.4. The van der Waals surface area contributed by atoms with Crippen LogP contribution < -0.4 is 5.32 Å². The van der Waals surface area contributed by atoms with Gasteiger partial charge < -0.3 is 5.11 Å². The van der Waals surface area contributed by atoms with Crippen molar-refractivity contribution in [1.82, 2.24) is 5.32 Å². The van der Waals surface area contributed by atoms with Crippen LogP contribution >= 0.6 is 23.2 Å². The predicted molar refractivity (Wildman–Crippen MR) is 94.3 cm³/mol. The molecule has 0 radical (unpaired) electrons. The van der Waals surface area contributed by atoms with Crippen molar-refractivity contribution >= 4 is 29.0 Å². The van der Waals surface area contributed by atoms with Gasteiger partial charge in [-0.15, -0.1) is 0 Å². The Morgan fingerprint density at radius 2 is 1.83 bits per heavy atom. The van der Waals surface area contributed by atoms with Gasteiger partial charge in [-0.2, -0.15) is 0 Å². The molecule has 0 amide bonds. The molecule has 2 aromatic rings. The average Bonchev–Trinajstić information content (AvgIpc) is 2.55. The van der Waals surface area contributed by atoms with Gasteiger partial charge in [-0.25, -0.2) is 0 Å². The van der Waals surface area contributed by atoms with Crippen molar-refractivity contribution in [2.45, 2.75) is 25.5 Å². The van der Waals surface area contributed by atoms with E-state index in [0.29, 0.717) is 22.0 Å². The summed E-state index contributed by atoms with van der Waals surface area (Å²) in [5, 5.41) is 13.9. The summed E-state index contributed by atoms with van der Waals surface area (Å²) in [4.78, 5) is 12.0. The highest BCUT2D eigenvalue weighted by atomic mass is 35.5. The van der Waals surface area contributed by atoms with E-state index < -0.39 is 6.23 Å². The number of Topliss-reactive ketones (excluding diaryl/α,β-unsaturated/α-hetero) is 1. The fraction of sp³-hybridized carbons (Fsp3) is 0.278. The van der Waals surface area contributed by atoms with E-state index in [1.807, 2.05) is 31.2 Å². The van der Waals surface area contributed by atoms with Crippen LogP contribution in [0.4, 0.5) is 0 Å². The van der Waals surface area contributed by atoms with Crippen LogP contribution in [0.15, 0.2) is 48.5 Å². The van der Waals surface area contributed by atoms with E-state index >= 15 is 0 Å². The summed E-state index contributed by atoms with van der Waals surface area (Å²) in [6.07, 6.45) is -0.299. The highest BCUT2D eigenvalue weighted by Crippen LogP contribution is 2.28. The number of carbonyl (C=O) groups is 1. The van der Waals surface area contributed by atoms with Crippen molar-refractivity contribution in [3.8, 4) is 0 Å². The summed E-state index contributed by atoms with van der Waals surface area (Å²) in [5.74, 6) is 0.0333. The third-order valence-electron chi connectivity index (χ3n) is 3.68. The number of benzene rings is 2. The minimum atomic E-state index is -0.771. The molecule has 23 heavy (non-hydrogen) atoms. The minimum absolute atomic E-state index is 0.0492. The van der Waals surface area contributed by atoms with Crippen LogP contribution in [0.1, 0.15) is 35.2 Å². The van der Waals surface area contributed by atoms with E-state index in [0.717, 1.165) is 5.56 Å². The van der Waals surface area contributed by atoms with Gasteiger partial charge >= 0.3 is 0 Å². The van der Waals surface area contributed by atoms with Crippen molar-refractivity contribution in [2.75, 3.05) is 6.54 Å². The van der Waals surface area contributed by atoms with Crippen molar-refractivity contribution in [1.29, 1.82) is 0 Å². The first-order valence-electron chi connectivity index (χ1n) is 7.42. The van der Waals surface area contributed by atoms with E-state index in [9.17, 15) is 9.90 Å². The molecule has 0 bridgehead atoms. The molecule has 2 aromatic carbocycles. The van der Waals surface area contributed by atoms with Crippen LogP contribution in [0.5, 0.6) is 0 Å². The standard InChI is InChI=1S/C18H19Cl2NO2/c1-12(14-7-8-15(19)16(20)10-14)9-18(23)21-11-17(22)13-5-3-2-4-6-13/h2-8,10,12,18,21,23H,9,11H2,1H3. The minimum Gasteiger partial charge on any atom is -0.379 e. The molecule has 2 N–H and O–H groups in total. The first kappa shape index (κ1) is 18.0. The molecule has 3 nitrogen and oxygen atoms in total. The van der Waals surface area contributed by atoms with Crippen molar-refractivity contribution in [2.24, 2.45) is 0 Å². The molecular weight excluding hydrogens is 333 g/mol. The number of carbonyl (C=O) groups excluding carboxylic acids is 1. The summed E-state index contributed by atoms with van der Waals surface area (Å²) < 4.78 is 0. The third kappa shape index (κ3) is 5.33. The normalized spacial score (nSPS) is 13.6. The summed E-state index contributed by atoms with van der Waals surface area (Å²) >= 11 is 11.9. The molecule has 0 aromatic heterocycles. The zero-order valence-electron chi connectivity index (χ0n) is 12.8. The van der Waals surface area contributed by atoms with Gasteiger partial charge in [0.2, 0.25) is 0 Å². The summed E-state index contributed by atoms with van der Waals surface area (Å²) in [6.45, 7) is 2.09. The lowest BCUT2D eigenvalue weighted by molar-refractivity contribution is 0.0898. The second-order valence-corrected chi connectivity index (χ2v) is 6.31. The molecule has 0 aliphatic carbocycles. The van der Waals surface area contributed by atoms with Gasteiger partial charge in [0.15, 0.2) is 5.78 Å². The Hall–Kier alpha value is -1.39.